The lowest BCUT2D eigenvalue weighted by Crippen LogP contribution is -2.20. The summed E-state index contributed by atoms with van der Waals surface area (Å²) >= 11 is 6.82. The summed E-state index contributed by atoms with van der Waals surface area (Å²) < 4.78 is 7.12. The van der Waals surface area contributed by atoms with E-state index in [1.165, 1.54) is 0 Å². The zero-order valence-corrected chi connectivity index (χ0v) is 14.3. The molecular weight excluding hydrogens is 400 g/mol. The van der Waals surface area contributed by atoms with Crippen LogP contribution in [0.5, 0.6) is 5.75 Å². The maximum absolute atomic E-state index is 10.7. The normalized spacial score (nSPS) is 10.2. The lowest BCUT2D eigenvalue weighted by Gasteiger charge is -2.10. The van der Waals surface area contributed by atoms with Crippen molar-refractivity contribution in [3.63, 3.8) is 0 Å². The van der Waals surface area contributed by atoms with Crippen LogP contribution in [0, 0.1) is 0 Å². The van der Waals surface area contributed by atoms with Gasteiger partial charge in [-0.2, -0.15) is 0 Å². The predicted octanol–water partition coefficient (Wildman–Crippen LogP) is 3.69. The number of amides is 1. The van der Waals surface area contributed by atoms with Crippen molar-refractivity contribution in [1.82, 2.24) is 0 Å². The fourth-order valence-electron chi connectivity index (χ4n) is 1.69. The molecule has 21 heavy (non-hydrogen) atoms. The van der Waals surface area contributed by atoms with Gasteiger partial charge in [-0.15, -0.1) is 0 Å². The van der Waals surface area contributed by atoms with E-state index in [0.717, 1.165) is 20.2 Å². The molecule has 2 rings (SSSR count). The molecule has 1 amide bonds. The van der Waals surface area contributed by atoms with Gasteiger partial charge in [0.25, 0.3) is 5.91 Å². The lowest BCUT2D eigenvalue weighted by atomic mass is 10.2. The van der Waals surface area contributed by atoms with Crippen LogP contribution in [0.4, 0.5) is 5.69 Å². The van der Waals surface area contributed by atoms with Crippen molar-refractivity contribution in [3.05, 3.63) is 57.0 Å². The van der Waals surface area contributed by atoms with Crippen LogP contribution in [0.1, 0.15) is 5.56 Å². The summed E-state index contributed by atoms with van der Waals surface area (Å²) in [6.07, 6.45) is 0. The third-order valence-corrected chi connectivity index (χ3v) is 3.86. The van der Waals surface area contributed by atoms with Crippen molar-refractivity contribution < 1.29 is 9.53 Å². The molecule has 0 spiro atoms. The minimum Gasteiger partial charge on any atom is -0.483 e. The molecule has 0 aliphatic heterocycles. The summed E-state index contributed by atoms with van der Waals surface area (Å²) in [5.41, 5.74) is 7.19. The molecule has 0 aliphatic rings. The molecule has 0 radical (unpaired) electrons. The van der Waals surface area contributed by atoms with E-state index in [-0.39, 0.29) is 6.61 Å². The molecule has 0 aromatic heterocycles. The Morgan fingerprint density at radius 2 is 1.86 bits per heavy atom. The Labute approximate surface area is 139 Å². The molecule has 6 heteroatoms. The topological polar surface area (TPSA) is 64.4 Å². The quantitative estimate of drug-likeness (QED) is 0.758. The molecule has 0 heterocycles. The summed E-state index contributed by atoms with van der Waals surface area (Å²) in [5.74, 6) is 0.101. The maximum atomic E-state index is 10.7. The number of nitrogens with one attached hydrogen (secondary N) is 1. The van der Waals surface area contributed by atoms with E-state index < -0.39 is 5.91 Å². The van der Waals surface area contributed by atoms with Gasteiger partial charge in [0.1, 0.15) is 5.75 Å². The van der Waals surface area contributed by atoms with E-state index in [0.29, 0.717) is 12.3 Å². The molecule has 0 atom stereocenters. The van der Waals surface area contributed by atoms with Crippen LogP contribution in [0.2, 0.25) is 0 Å². The Bertz CT molecular complexity index is 630. The minimum atomic E-state index is -0.497. The van der Waals surface area contributed by atoms with Crippen molar-refractivity contribution in [2.45, 2.75) is 6.54 Å². The fourth-order valence-corrected chi connectivity index (χ4v) is 2.50. The molecule has 0 saturated carbocycles. The first-order valence-corrected chi connectivity index (χ1v) is 7.82. The van der Waals surface area contributed by atoms with Gasteiger partial charge in [-0.3, -0.25) is 4.79 Å². The highest BCUT2D eigenvalue weighted by molar-refractivity contribution is 9.10. The zero-order chi connectivity index (χ0) is 15.2. The maximum Gasteiger partial charge on any atom is 0.255 e. The van der Waals surface area contributed by atoms with Crippen molar-refractivity contribution in [3.8, 4) is 5.75 Å². The zero-order valence-electron chi connectivity index (χ0n) is 11.1. The number of rotatable bonds is 6. The minimum absolute atomic E-state index is 0.130. The van der Waals surface area contributed by atoms with E-state index in [9.17, 15) is 4.79 Å². The Balaban J connectivity index is 1.96. The molecular formula is C15H14Br2N2O2. The molecule has 4 nitrogen and oxygen atoms in total. The van der Waals surface area contributed by atoms with Gasteiger partial charge >= 0.3 is 0 Å². The van der Waals surface area contributed by atoms with Crippen molar-refractivity contribution >= 4 is 43.5 Å². The van der Waals surface area contributed by atoms with Crippen LogP contribution in [-0.2, 0) is 11.3 Å². The van der Waals surface area contributed by atoms with Gasteiger partial charge < -0.3 is 15.8 Å². The highest BCUT2D eigenvalue weighted by atomic mass is 79.9. The van der Waals surface area contributed by atoms with Crippen molar-refractivity contribution in [2.75, 3.05) is 11.9 Å². The van der Waals surface area contributed by atoms with Crippen molar-refractivity contribution in [1.29, 1.82) is 0 Å². The van der Waals surface area contributed by atoms with Crippen molar-refractivity contribution in [2.24, 2.45) is 5.73 Å². The van der Waals surface area contributed by atoms with Crippen LogP contribution in [0.25, 0.3) is 0 Å². The van der Waals surface area contributed by atoms with Gasteiger partial charge in [0.15, 0.2) is 6.61 Å². The third kappa shape index (κ3) is 5.06. The van der Waals surface area contributed by atoms with Gasteiger partial charge in [-0.05, 0) is 57.9 Å². The van der Waals surface area contributed by atoms with Crippen LogP contribution >= 0.6 is 31.9 Å². The SMILES string of the molecule is NC(=O)COc1ccc(CNc2ccc(Br)cc2)cc1Br. The fraction of sp³-hybridized carbons (Fsp3) is 0.133. The Morgan fingerprint density at radius 1 is 1.14 bits per heavy atom. The number of ether oxygens (including phenoxy) is 1. The molecule has 0 saturated heterocycles. The Morgan fingerprint density at radius 3 is 2.48 bits per heavy atom. The third-order valence-electron chi connectivity index (χ3n) is 2.71. The highest BCUT2D eigenvalue weighted by Gasteiger charge is 2.04. The number of benzene rings is 2. The molecule has 0 fully saturated rings. The first-order valence-electron chi connectivity index (χ1n) is 6.23. The van der Waals surface area contributed by atoms with E-state index in [1.54, 1.807) is 0 Å². The van der Waals surface area contributed by atoms with Gasteiger partial charge in [-0.1, -0.05) is 22.0 Å². The van der Waals surface area contributed by atoms with E-state index in [2.05, 4.69) is 37.2 Å². The molecule has 0 unspecified atom stereocenters. The van der Waals surface area contributed by atoms with Crippen LogP contribution in [0.15, 0.2) is 51.4 Å². The molecule has 2 aromatic carbocycles. The highest BCUT2D eigenvalue weighted by Crippen LogP contribution is 2.26. The number of nitrogens with two attached hydrogens (primary N) is 1. The number of carbonyl (C=O) groups excluding carboxylic acids is 1. The van der Waals surface area contributed by atoms with E-state index in [4.69, 9.17) is 10.5 Å². The predicted molar refractivity (Wildman–Crippen MR) is 90.3 cm³/mol. The number of hydrogen-bond acceptors (Lipinski definition) is 3. The van der Waals surface area contributed by atoms with Gasteiger partial charge in [-0.25, -0.2) is 0 Å². The monoisotopic (exact) mass is 412 g/mol. The van der Waals surface area contributed by atoms with Gasteiger partial charge in [0, 0.05) is 16.7 Å². The number of anilines is 1. The molecule has 2 aromatic rings. The largest absolute Gasteiger partial charge is 0.483 e. The Hall–Kier alpha value is -1.53. The average Bonchev–Trinajstić information content (AvgIpc) is 2.45. The average molecular weight is 414 g/mol. The molecule has 0 aliphatic carbocycles. The summed E-state index contributed by atoms with van der Waals surface area (Å²) in [4.78, 5) is 10.7. The van der Waals surface area contributed by atoms with Crippen LogP contribution in [0.3, 0.4) is 0 Å². The number of primary amides is 1. The smallest absolute Gasteiger partial charge is 0.255 e. The lowest BCUT2D eigenvalue weighted by molar-refractivity contribution is -0.119. The summed E-state index contributed by atoms with van der Waals surface area (Å²) in [7, 11) is 0. The van der Waals surface area contributed by atoms with Crippen LogP contribution < -0.4 is 15.8 Å². The standard InChI is InChI=1S/C15H14Br2N2O2/c16-11-2-4-12(5-3-11)19-8-10-1-6-14(13(17)7-10)21-9-15(18)20/h1-7,19H,8-9H2,(H2,18,20). The molecule has 0 bridgehead atoms. The van der Waals surface area contributed by atoms with E-state index >= 15 is 0 Å². The second-order valence-electron chi connectivity index (χ2n) is 4.38. The second-order valence-corrected chi connectivity index (χ2v) is 6.15. The van der Waals surface area contributed by atoms with Crippen LogP contribution in [-0.4, -0.2) is 12.5 Å². The second kappa shape index (κ2) is 7.47. The summed E-state index contributed by atoms with van der Waals surface area (Å²) in [6, 6.07) is 13.7. The molecule has 3 N–H and O–H groups in total. The first kappa shape index (κ1) is 15.9. The summed E-state index contributed by atoms with van der Waals surface area (Å²) in [6.45, 7) is 0.561. The number of halogens is 2. The summed E-state index contributed by atoms with van der Waals surface area (Å²) in [5, 5.41) is 3.33. The Kier molecular flexibility index (Phi) is 5.64. The first-order chi connectivity index (χ1) is 10.0. The number of hydrogen-bond donors (Lipinski definition) is 2. The van der Waals surface area contributed by atoms with E-state index in [1.807, 2.05) is 42.5 Å². The van der Waals surface area contributed by atoms with Gasteiger partial charge in [0.2, 0.25) is 0 Å². The van der Waals surface area contributed by atoms with Gasteiger partial charge in [0.05, 0.1) is 4.47 Å². The number of carbonyl (C=O) groups is 1. The molecule has 110 valence electrons.